The molecule has 2 rings (SSSR count). The molecule has 112 valence electrons. The molecule has 21 heavy (non-hydrogen) atoms. The predicted molar refractivity (Wildman–Crippen MR) is 78.7 cm³/mol. The lowest BCUT2D eigenvalue weighted by molar-refractivity contribution is -0.147. The van der Waals surface area contributed by atoms with Crippen molar-refractivity contribution < 1.29 is 18.7 Å². The van der Waals surface area contributed by atoms with Crippen LogP contribution in [0, 0.1) is 6.92 Å². The number of aryl methyl sites for hydroxylation is 2. The van der Waals surface area contributed by atoms with E-state index in [1.165, 1.54) is 13.2 Å². The van der Waals surface area contributed by atoms with Crippen molar-refractivity contribution in [3.05, 3.63) is 39.7 Å². The first kappa shape index (κ1) is 15.1. The zero-order chi connectivity index (χ0) is 15.6. The van der Waals surface area contributed by atoms with Crippen molar-refractivity contribution in [2.24, 2.45) is 0 Å². The summed E-state index contributed by atoms with van der Waals surface area (Å²) in [5.74, 6) is 0.0589. The molecule has 0 aliphatic heterocycles. The molecule has 2 aromatic rings. The minimum atomic E-state index is -0.739. The van der Waals surface area contributed by atoms with Gasteiger partial charge in [0.1, 0.15) is 11.3 Å². The Labute approximate surface area is 122 Å². The summed E-state index contributed by atoms with van der Waals surface area (Å²) in [7, 11) is 1.31. The van der Waals surface area contributed by atoms with Gasteiger partial charge in [-0.3, -0.25) is 0 Å². The van der Waals surface area contributed by atoms with E-state index in [0.717, 1.165) is 16.5 Å². The molecule has 0 unspecified atom stereocenters. The van der Waals surface area contributed by atoms with Gasteiger partial charge in [-0.15, -0.1) is 0 Å². The number of ether oxygens (including phenoxy) is 2. The van der Waals surface area contributed by atoms with E-state index < -0.39 is 17.7 Å². The fourth-order valence-electron chi connectivity index (χ4n) is 2.25. The van der Waals surface area contributed by atoms with Crippen LogP contribution in [0.5, 0.6) is 5.75 Å². The van der Waals surface area contributed by atoms with Gasteiger partial charge in [0.15, 0.2) is 6.10 Å². The van der Waals surface area contributed by atoms with Crippen LogP contribution >= 0.6 is 0 Å². The van der Waals surface area contributed by atoms with Gasteiger partial charge >= 0.3 is 11.6 Å². The van der Waals surface area contributed by atoms with Gasteiger partial charge in [-0.05, 0) is 43.5 Å². The molecule has 5 heteroatoms. The van der Waals surface area contributed by atoms with Gasteiger partial charge in [0.2, 0.25) is 0 Å². The molecule has 0 amide bonds. The minimum absolute atomic E-state index is 0.392. The Hall–Kier alpha value is -2.30. The van der Waals surface area contributed by atoms with E-state index in [1.807, 2.05) is 19.9 Å². The van der Waals surface area contributed by atoms with Crippen LogP contribution in [0.25, 0.3) is 11.0 Å². The second kappa shape index (κ2) is 5.99. The highest BCUT2D eigenvalue weighted by Crippen LogP contribution is 2.31. The van der Waals surface area contributed by atoms with Gasteiger partial charge in [0.05, 0.1) is 12.5 Å². The molecule has 0 saturated carbocycles. The Kier molecular flexibility index (Phi) is 4.31. The van der Waals surface area contributed by atoms with Crippen LogP contribution in [0.1, 0.15) is 25.0 Å². The molecule has 5 nitrogen and oxygen atoms in total. The van der Waals surface area contributed by atoms with E-state index in [9.17, 15) is 9.59 Å². The number of methoxy groups -OCH3 is 1. The van der Waals surface area contributed by atoms with Gasteiger partial charge in [-0.2, -0.15) is 0 Å². The lowest BCUT2D eigenvalue weighted by Gasteiger charge is -2.16. The Balaban J connectivity index is 2.62. The van der Waals surface area contributed by atoms with Crippen LogP contribution in [0.4, 0.5) is 0 Å². The van der Waals surface area contributed by atoms with E-state index in [1.54, 1.807) is 13.0 Å². The lowest BCUT2D eigenvalue weighted by Crippen LogP contribution is -2.25. The largest absolute Gasteiger partial charge is 0.478 e. The summed E-state index contributed by atoms with van der Waals surface area (Å²) in [5.41, 5.74) is 1.78. The van der Waals surface area contributed by atoms with Crippen molar-refractivity contribution in [2.45, 2.75) is 33.3 Å². The van der Waals surface area contributed by atoms with Crippen LogP contribution in [0.2, 0.25) is 0 Å². The zero-order valence-corrected chi connectivity index (χ0v) is 12.6. The smallest absolute Gasteiger partial charge is 0.346 e. The van der Waals surface area contributed by atoms with Gasteiger partial charge in [-0.25, -0.2) is 9.59 Å². The van der Waals surface area contributed by atoms with Crippen LogP contribution in [-0.4, -0.2) is 19.2 Å². The molecule has 0 bridgehead atoms. The third-order valence-corrected chi connectivity index (χ3v) is 3.25. The van der Waals surface area contributed by atoms with Crippen molar-refractivity contribution in [3.8, 4) is 5.75 Å². The summed E-state index contributed by atoms with van der Waals surface area (Å²) in [5, 5.41) is 0.721. The topological polar surface area (TPSA) is 65.7 Å². The van der Waals surface area contributed by atoms with E-state index in [4.69, 9.17) is 9.15 Å². The molecule has 0 aliphatic carbocycles. The summed E-state index contributed by atoms with van der Waals surface area (Å²) < 4.78 is 15.6. The van der Waals surface area contributed by atoms with Gasteiger partial charge < -0.3 is 13.9 Å². The second-order valence-electron chi connectivity index (χ2n) is 4.86. The van der Waals surface area contributed by atoms with Crippen molar-refractivity contribution in [1.82, 2.24) is 0 Å². The Bertz CT molecular complexity index is 729. The highest BCUT2D eigenvalue weighted by atomic mass is 16.6. The Morgan fingerprint density at radius 1 is 1.33 bits per heavy atom. The SMILES string of the molecule is CCc1cc(=O)oc2cc(C)cc(O[C@@H](C)C(=O)OC)c12. The summed E-state index contributed by atoms with van der Waals surface area (Å²) in [6.45, 7) is 5.43. The average molecular weight is 290 g/mol. The number of esters is 1. The molecular weight excluding hydrogens is 272 g/mol. The standard InChI is InChI=1S/C16H18O5/c1-5-11-8-14(17)21-13-7-9(2)6-12(15(11)13)20-10(3)16(18)19-4/h6-8,10H,5H2,1-4H3/t10-/m0/s1. The first-order chi connectivity index (χ1) is 9.96. The first-order valence-electron chi connectivity index (χ1n) is 6.78. The van der Waals surface area contributed by atoms with Gasteiger partial charge in [-0.1, -0.05) is 6.92 Å². The van der Waals surface area contributed by atoms with E-state index in [0.29, 0.717) is 17.8 Å². The maximum Gasteiger partial charge on any atom is 0.346 e. The minimum Gasteiger partial charge on any atom is -0.478 e. The third-order valence-electron chi connectivity index (χ3n) is 3.25. The maximum atomic E-state index is 11.6. The number of hydrogen-bond donors (Lipinski definition) is 0. The molecule has 1 heterocycles. The quantitative estimate of drug-likeness (QED) is 0.639. The molecule has 0 spiro atoms. The number of hydrogen-bond acceptors (Lipinski definition) is 5. The highest BCUT2D eigenvalue weighted by Gasteiger charge is 2.18. The fraction of sp³-hybridized carbons (Fsp3) is 0.375. The molecular formula is C16H18O5. The maximum absolute atomic E-state index is 11.6. The highest BCUT2D eigenvalue weighted by molar-refractivity contribution is 5.88. The van der Waals surface area contributed by atoms with Crippen LogP contribution in [-0.2, 0) is 16.0 Å². The lowest BCUT2D eigenvalue weighted by atomic mass is 10.0. The summed E-state index contributed by atoms with van der Waals surface area (Å²) in [4.78, 5) is 23.1. The molecule has 1 aromatic carbocycles. The number of carbonyl (C=O) groups is 1. The Morgan fingerprint density at radius 3 is 2.67 bits per heavy atom. The van der Waals surface area contributed by atoms with Crippen molar-refractivity contribution in [1.29, 1.82) is 0 Å². The average Bonchev–Trinajstić information content (AvgIpc) is 2.44. The Morgan fingerprint density at radius 2 is 2.05 bits per heavy atom. The monoisotopic (exact) mass is 290 g/mol. The molecule has 0 saturated heterocycles. The molecule has 1 atom stereocenters. The molecule has 1 aromatic heterocycles. The van der Waals surface area contributed by atoms with Crippen molar-refractivity contribution in [3.63, 3.8) is 0 Å². The summed E-state index contributed by atoms with van der Waals surface area (Å²) in [6, 6.07) is 5.06. The second-order valence-corrected chi connectivity index (χ2v) is 4.86. The van der Waals surface area contributed by atoms with E-state index in [2.05, 4.69) is 4.74 Å². The number of carbonyl (C=O) groups excluding carboxylic acids is 1. The normalized spacial score (nSPS) is 12.2. The van der Waals surface area contributed by atoms with Gasteiger partial charge in [0.25, 0.3) is 0 Å². The fourth-order valence-corrected chi connectivity index (χ4v) is 2.25. The van der Waals surface area contributed by atoms with Crippen LogP contribution in [0.3, 0.4) is 0 Å². The molecule has 0 fully saturated rings. The predicted octanol–water partition coefficient (Wildman–Crippen LogP) is 2.60. The van der Waals surface area contributed by atoms with Crippen LogP contribution < -0.4 is 10.4 Å². The van der Waals surface area contributed by atoms with E-state index >= 15 is 0 Å². The zero-order valence-electron chi connectivity index (χ0n) is 12.6. The number of rotatable bonds is 4. The van der Waals surface area contributed by atoms with Crippen molar-refractivity contribution >= 4 is 16.9 Å². The summed E-state index contributed by atoms with van der Waals surface area (Å²) in [6.07, 6.45) is -0.0784. The molecule has 0 aliphatic rings. The van der Waals surface area contributed by atoms with Gasteiger partial charge in [0, 0.05) is 6.07 Å². The van der Waals surface area contributed by atoms with Crippen molar-refractivity contribution in [2.75, 3.05) is 7.11 Å². The number of fused-ring (bicyclic) bond motifs is 1. The van der Waals surface area contributed by atoms with E-state index in [-0.39, 0.29) is 0 Å². The number of benzene rings is 1. The summed E-state index contributed by atoms with van der Waals surface area (Å²) >= 11 is 0. The molecule has 0 radical (unpaired) electrons. The first-order valence-corrected chi connectivity index (χ1v) is 6.78. The van der Waals surface area contributed by atoms with Crippen LogP contribution in [0.15, 0.2) is 27.4 Å². The molecule has 0 N–H and O–H groups in total. The third kappa shape index (κ3) is 3.07.